The van der Waals surface area contributed by atoms with Crippen molar-refractivity contribution >= 4 is 23.5 Å². The Morgan fingerprint density at radius 2 is 2.00 bits per heavy atom. The van der Waals surface area contributed by atoms with Crippen molar-refractivity contribution in [2.24, 2.45) is 5.16 Å². The molecule has 1 saturated heterocycles. The summed E-state index contributed by atoms with van der Waals surface area (Å²) in [4.78, 5) is 61.2. The second-order valence-electron chi connectivity index (χ2n) is 12.0. The third kappa shape index (κ3) is 6.57. The minimum atomic E-state index is -0.896. The lowest BCUT2D eigenvalue weighted by Crippen LogP contribution is -2.52. The molecule has 3 atom stereocenters. The fourth-order valence-corrected chi connectivity index (χ4v) is 6.26. The highest BCUT2D eigenvalue weighted by atomic mass is 19.1. The molecule has 242 valence electrons. The molecule has 1 spiro atoms. The normalized spacial score (nSPS) is 21.9. The summed E-state index contributed by atoms with van der Waals surface area (Å²) in [5.41, 5.74) is -1.40. The van der Waals surface area contributed by atoms with Crippen LogP contribution in [0, 0.1) is 11.6 Å². The highest BCUT2D eigenvalue weighted by molar-refractivity contribution is 5.99. The van der Waals surface area contributed by atoms with Crippen LogP contribution >= 0.6 is 0 Å². The number of ether oxygens (including phenoxy) is 2. The molecule has 2 amide bonds. The van der Waals surface area contributed by atoms with E-state index in [-0.39, 0.29) is 42.4 Å². The van der Waals surface area contributed by atoms with E-state index in [1.165, 1.54) is 12.3 Å². The fraction of sp³-hybridized carbons (Fsp3) is 0.531. The Morgan fingerprint density at radius 1 is 1.20 bits per heavy atom. The predicted molar refractivity (Wildman–Crippen MR) is 159 cm³/mol. The maximum absolute atomic E-state index is 14.3. The van der Waals surface area contributed by atoms with Crippen LogP contribution in [-0.2, 0) is 20.9 Å². The number of nitrogens with one attached hydrogen (secondary N) is 1. The second kappa shape index (κ2) is 13.4. The molecule has 2 aromatic rings. The number of esters is 1. The Labute approximate surface area is 259 Å². The number of hydrogen-bond acceptors (Lipinski definition) is 8. The topological polar surface area (TPSA) is 129 Å². The number of carbonyl (C=O) groups is 3. The number of fused-ring (bicyclic) bond motifs is 5. The number of pyridine rings is 1. The van der Waals surface area contributed by atoms with E-state index in [9.17, 15) is 28.0 Å². The second-order valence-corrected chi connectivity index (χ2v) is 12.0. The van der Waals surface area contributed by atoms with Gasteiger partial charge in [0.05, 0.1) is 11.8 Å². The molecule has 13 heteroatoms. The van der Waals surface area contributed by atoms with Gasteiger partial charge in [0.2, 0.25) is 18.0 Å². The van der Waals surface area contributed by atoms with E-state index < -0.39 is 59.0 Å². The Kier molecular flexibility index (Phi) is 9.54. The molecule has 3 aliphatic rings. The molecule has 3 aliphatic heterocycles. The minimum absolute atomic E-state index is 0.0136. The largest absolute Gasteiger partial charge is 0.451 e. The van der Waals surface area contributed by atoms with Crippen molar-refractivity contribution in [3.8, 4) is 5.75 Å². The minimum Gasteiger partial charge on any atom is -0.451 e. The number of aromatic nitrogens is 1. The molecular weight excluding hydrogens is 590 g/mol. The Bertz CT molecular complexity index is 1580. The first-order valence-electron chi connectivity index (χ1n) is 15.4. The molecule has 1 N–H and O–H groups in total. The first-order valence-corrected chi connectivity index (χ1v) is 15.4. The summed E-state index contributed by atoms with van der Waals surface area (Å²) in [6.07, 6.45) is 6.65. The quantitative estimate of drug-likeness (QED) is 0.219. The van der Waals surface area contributed by atoms with Crippen LogP contribution in [0.25, 0.3) is 0 Å². The van der Waals surface area contributed by atoms with Crippen molar-refractivity contribution in [2.75, 3.05) is 13.3 Å². The van der Waals surface area contributed by atoms with Crippen molar-refractivity contribution in [2.45, 2.75) is 96.4 Å². The Hall–Kier alpha value is -4.29. The van der Waals surface area contributed by atoms with Crippen LogP contribution < -0.4 is 15.5 Å². The van der Waals surface area contributed by atoms with E-state index >= 15 is 0 Å². The number of nitrogens with zero attached hydrogens (tertiary/aromatic N) is 3. The van der Waals surface area contributed by atoms with Crippen molar-refractivity contribution in [3.63, 3.8) is 0 Å². The first-order chi connectivity index (χ1) is 21.5. The highest BCUT2D eigenvalue weighted by Crippen LogP contribution is 2.46. The zero-order chi connectivity index (χ0) is 32.3. The van der Waals surface area contributed by atoms with Crippen LogP contribution in [-0.4, -0.2) is 57.9 Å². The number of benzene rings is 1. The van der Waals surface area contributed by atoms with E-state index in [0.29, 0.717) is 31.7 Å². The van der Waals surface area contributed by atoms with Gasteiger partial charge in [-0.1, -0.05) is 37.4 Å². The van der Waals surface area contributed by atoms with Crippen molar-refractivity contribution in [1.82, 2.24) is 14.8 Å². The molecule has 0 saturated carbocycles. The average molecular weight is 629 g/mol. The van der Waals surface area contributed by atoms with Crippen LogP contribution in [0.15, 0.2) is 34.3 Å². The number of hydrogen-bond donors (Lipinski definition) is 1. The number of amides is 2. The molecular formula is C32H38F2N4O7. The van der Waals surface area contributed by atoms with Crippen LogP contribution in [0.2, 0.25) is 0 Å². The fourth-order valence-electron chi connectivity index (χ4n) is 6.26. The van der Waals surface area contributed by atoms with Crippen LogP contribution in [0.4, 0.5) is 8.78 Å². The van der Waals surface area contributed by atoms with E-state index in [4.69, 9.17) is 14.3 Å². The van der Waals surface area contributed by atoms with Gasteiger partial charge in [0.1, 0.15) is 17.2 Å². The molecule has 2 bridgehead atoms. The molecule has 0 radical (unpaired) electrons. The molecule has 1 aromatic carbocycles. The third-order valence-corrected chi connectivity index (χ3v) is 8.78. The highest BCUT2D eigenvalue weighted by Gasteiger charge is 2.54. The van der Waals surface area contributed by atoms with Crippen LogP contribution in [0.3, 0.4) is 0 Å². The standard InChI is InChI=1S/C32H38F2N4O7/c1-4-5-6-7-8-26(39)43-18-44-29-27-31(42)37-17-25(32(12-11-20(37)3)14-19(2)36-45-32)38(27)16-23(28(29)40)30(41)35-15-21-9-10-22(33)13-24(21)34/h9-10,13,16,20,25H,4-8,11-12,14-15,17-18H2,1-3H3,(H,35,41)/t20-,25+,32-/m0/s1. The lowest BCUT2D eigenvalue weighted by Gasteiger charge is -2.42. The van der Waals surface area contributed by atoms with Gasteiger partial charge in [-0.05, 0) is 39.2 Å². The monoisotopic (exact) mass is 628 g/mol. The number of unbranched alkanes of at least 4 members (excludes halogenated alkanes) is 3. The van der Waals surface area contributed by atoms with Gasteiger partial charge < -0.3 is 29.1 Å². The summed E-state index contributed by atoms with van der Waals surface area (Å²) in [5, 5.41) is 6.71. The summed E-state index contributed by atoms with van der Waals surface area (Å²) in [6.45, 7) is 5.10. The van der Waals surface area contributed by atoms with Gasteiger partial charge in [-0.25, -0.2) is 8.78 Å². The first kappa shape index (κ1) is 32.1. The lowest BCUT2D eigenvalue weighted by molar-refractivity contribution is -0.150. The van der Waals surface area contributed by atoms with E-state index in [0.717, 1.165) is 31.0 Å². The Balaban J connectivity index is 1.50. The van der Waals surface area contributed by atoms with Crippen LogP contribution in [0.1, 0.15) is 105 Å². The molecule has 4 heterocycles. The summed E-state index contributed by atoms with van der Waals surface area (Å²) < 4.78 is 40.1. The summed E-state index contributed by atoms with van der Waals surface area (Å²) >= 11 is 0. The predicted octanol–water partition coefficient (Wildman–Crippen LogP) is 4.62. The Morgan fingerprint density at radius 3 is 2.71 bits per heavy atom. The summed E-state index contributed by atoms with van der Waals surface area (Å²) in [6, 6.07) is 2.23. The van der Waals surface area contributed by atoms with E-state index in [1.807, 2.05) is 13.8 Å². The number of rotatable bonds is 11. The summed E-state index contributed by atoms with van der Waals surface area (Å²) in [7, 11) is 0. The third-order valence-electron chi connectivity index (χ3n) is 8.78. The van der Waals surface area contributed by atoms with Crippen molar-refractivity contribution in [1.29, 1.82) is 0 Å². The van der Waals surface area contributed by atoms with Gasteiger partial charge >= 0.3 is 5.97 Å². The van der Waals surface area contributed by atoms with Crippen molar-refractivity contribution in [3.05, 3.63) is 63.1 Å². The summed E-state index contributed by atoms with van der Waals surface area (Å²) in [5.74, 6) is -3.90. The molecule has 5 rings (SSSR count). The molecule has 45 heavy (non-hydrogen) atoms. The van der Waals surface area contributed by atoms with E-state index in [1.54, 1.807) is 9.47 Å². The average Bonchev–Trinajstić information content (AvgIpc) is 3.34. The smallest absolute Gasteiger partial charge is 0.308 e. The van der Waals surface area contributed by atoms with Gasteiger partial charge in [-0.3, -0.25) is 19.2 Å². The van der Waals surface area contributed by atoms with Gasteiger partial charge in [0, 0.05) is 49.8 Å². The zero-order valence-electron chi connectivity index (χ0n) is 25.7. The molecule has 0 unspecified atom stereocenters. The molecule has 1 aromatic heterocycles. The maximum atomic E-state index is 14.3. The van der Waals surface area contributed by atoms with Gasteiger partial charge in [0.15, 0.2) is 11.3 Å². The lowest BCUT2D eigenvalue weighted by atomic mass is 9.84. The van der Waals surface area contributed by atoms with Gasteiger partial charge in [-0.2, -0.15) is 0 Å². The SMILES string of the molecule is CCCCCCC(=O)OCOc1c2n(cc(C(=O)NCc3ccc(F)cc3F)c1=O)[C@@H]1CN(C2=O)[C@@H](C)CC[C@]12CC(C)=NO2. The van der Waals surface area contributed by atoms with Crippen LogP contribution in [0.5, 0.6) is 5.75 Å². The van der Waals surface area contributed by atoms with Gasteiger partial charge in [-0.15, -0.1) is 0 Å². The number of oxime groups is 1. The zero-order valence-corrected chi connectivity index (χ0v) is 25.7. The molecule has 0 aliphatic carbocycles. The maximum Gasteiger partial charge on any atom is 0.308 e. The van der Waals surface area contributed by atoms with Gasteiger partial charge in [0.25, 0.3) is 11.8 Å². The number of halogens is 2. The molecule has 11 nitrogen and oxygen atoms in total. The molecule has 1 fully saturated rings. The number of carbonyl (C=O) groups excluding carboxylic acids is 3. The van der Waals surface area contributed by atoms with E-state index in [2.05, 4.69) is 17.4 Å². The van der Waals surface area contributed by atoms with Crippen molar-refractivity contribution < 1.29 is 37.5 Å².